The van der Waals surface area contributed by atoms with Crippen LogP contribution in [0.4, 0.5) is 14.5 Å². The quantitative estimate of drug-likeness (QED) is 0.497. The van der Waals surface area contributed by atoms with Crippen molar-refractivity contribution in [1.29, 1.82) is 0 Å². The highest BCUT2D eigenvalue weighted by Gasteiger charge is 2.42. The predicted octanol–water partition coefficient (Wildman–Crippen LogP) is 4.21. The first-order chi connectivity index (χ1) is 17.1. The maximum atomic E-state index is 14.7. The molecule has 1 amide bonds. The van der Waals surface area contributed by atoms with Crippen LogP contribution in [0.25, 0.3) is 0 Å². The van der Waals surface area contributed by atoms with E-state index in [2.05, 4.69) is 33.9 Å². The number of pyridine rings is 1. The molecular weight excluding hydrogens is 535 g/mol. The monoisotopic (exact) mass is 579 g/mol. The van der Waals surface area contributed by atoms with Crippen LogP contribution in [0.2, 0.25) is 0 Å². The summed E-state index contributed by atoms with van der Waals surface area (Å²) < 4.78 is 35.1. The number of anilines is 1. The van der Waals surface area contributed by atoms with Gasteiger partial charge in [0.05, 0.1) is 31.1 Å². The van der Waals surface area contributed by atoms with E-state index in [0.717, 1.165) is 51.5 Å². The van der Waals surface area contributed by atoms with Crippen LogP contribution in [-0.2, 0) is 20.9 Å². The summed E-state index contributed by atoms with van der Waals surface area (Å²) in [5.74, 6) is -3.00. The molecule has 3 atom stereocenters. The molecule has 7 nitrogen and oxygen atoms in total. The van der Waals surface area contributed by atoms with Gasteiger partial charge in [0.25, 0.3) is 5.92 Å². The number of ether oxygens (including phenoxy) is 1. The highest BCUT2D eigenvalue weighted by molar-refractivity contribution is 5.97. The van der Waals surface area contributed by atoms with Gasteiger partial charge in [0.1, 0.15) is 0 Å². The van der Waals surface area contributed by atoms with Gasteiger partial charge in [0, 0.05) is 74.4 Å². The number of nitrogens with one attached hydrogen (secondary N) is 1. The highest BCUT2D eigenvalue weighted by atomic mass is 35.5. The number of carbonyl (C=O) groups is 1. The van der Waals surface area contributed by atoms with E-state index >= 15 is 0 Å². The average Bonchev–Trinajstić information content (AvgIpc) is 3.11. The third-order valence-electron chi connectivity index (χ3n) is 7.97. The van der Waals surface area contributed by atoms with Crippen LogP contribution in [0.15, 0.2) is 12.3 Å². The molecule has 218 valence electrons. The first-order valence-corrected chi connectivity index (χ1v) is 13.5. The Balaban J connectivity index is 0.00000253. The summed E-state index contributed by atoms with van der Waals surface area (Å²) in [4.78, 5) is 24.6. The zero-order valence-corrected chi connectivity index (χ0v) is 25.0. The molecule has 0 radical (unpaired) electrons. The number of amides is 1. The maximum Gasteiger partial charge on any atom is 0.274 e. The van der Waals surface area contributed by atoms with Gasteiger partial charge in [0.15, 0.2) is 0 Å². The molecule has 0 spiro atoms. The minimum absolute atomic E-state index is 0. The van der Waals surface area contributed by atoms with Gasteiger partial charge in [-0.05, 0) is 19.4 Å². The summed E-state index contributed by atoms with van der Waals surface area (Å²) in [5, 5.41) is 3.57. The normalized spacial score (nSPS) is 25.9. The van der Waals surface area contributed by atoms with E-state index in [-0.39, 0.29) is 66.7 Å². The molecule has 38 heavy (non-hydrogen) atoms. The predicted molar refractivity (Wildman–Crippen MR) is 152 cm³/mol. The Morgan fingerprint density at radius 2 is 1.97 bits per heavy atom. The van der Waals surface area contributed by atoms with E-state index in [1.165, 1.54) is 12.3 Å². The molecule has 3 aliphatic heterocycles. The van der Waals surface area contributed by atoms with E-state index < -0.39 is 5.92 Å². The first-order valence-electron chi connectivity index (χ1n) is 13.5. The molecule has 11 heteroatoms. The number of piperazine rings is 1. The Labute approximate surface area is 238 Å². The summed E-state index contributed by atoms with van der Waals surface area (Å²) in [5.41, 5.74) is 0.764. The van der Waals surface area contributed by atoms with Crippen LogP contribution < -0.4 is 10.2 Å². The van der Waals surface area contributed by atoms with E-state index in [1.807, 2.05) is 13.8 Å². The standard InChI is InChI=1S/C27H43F2N5O2.2ClH/c1-6-8-27(28,29)20-11-23-25(31-12-20)26(4,5)18-34(23)24(35)16-33-14-19(3)30-13-22(33)15-32-9-10-36-17-21(32)7-2;;/h11-12,19,21-22,30H,6-10,13-18H2,1-5H3;2*1H/t19-,21+,22-;;/m1../s1. The van der Waals surface area contributed by atoms with Crippen molar-refractivity contribution in [1.82, 2.24) is 20.1 Å². The van der Waals surface area contributed by atoms with Crippen molar-refractivity contribution >= 4 is 36.4 Å². The Hall–Kier alpha value is -1.10. The molecule has 0 aliphatic carbocycles. The minimum Gasteiger partial charge on any atom is -0.378 e. The molecule has 2 fully saturated rings. The van der Waals surface area contributed by atoms with Crippen molar-refractivity contribution < 1.29 is 18.3 Å². The van der Waals surface area contributed by atoms with Gasteiger partial charge in [-0.3, -0.25) is 19.6 Å². The first kappa shape index (κ1) is 33.1. The second-order valence-corrected chi connectivity index (χ2v) is 11.4. The van der Waals surface area contributed by atoms with E-state index in [0.29, 0.717) is 24.7 Å². The smallest absolute Gasteiger partial charge is 0.274 e. The molecule has 4 rings (SSSR count). The van der Waals surface area contributed by atoms with Crippen molar-refractivity contribution in [2.24, 2.45) is 0 Å². The molecule has 2 saturated heterocycles. The molecule has 4 heterocycles. The van der Waals surface area contributed by atoms with Crippen molar-refractivity contribution in [3.63, 3.8) is 0 Å². The molecule has 1 aromatic heterocycles. The topological polar surface area (TPSA) is 60.9 Å². The van der Waals surface area contributed by atoms with Crippen LogP contribution in [0.1, 0.15) is 65.1 Å². The summed E-state index contributed by atoms with van der Waals surface area (Å²) in [6.45, 7) is 15.7. The summed E-state index contributed by atoms with van der Waals surface area (Å²) >= 11 is 0. The number of hydrogen-bond acceptors (Lipinski definition) is 6. The van der Waals surface area contributed by atoms with Crippen molar-refractivity contribution in [2.45, 2.75) is 83.3 Å². The molecule has 0 bridgehead atoms. The number of carbonyl (C=O) groups excluding carboxylic acids is 1. The van der Waals surface area contributed by atoms with Crippen LogP contribution >= 0.6 is 24.8 Å². The van der Waals surface area contributed by atoms with Crippen molar-refractivity contribution in [3.8, 4) is 0 Å². The molecule has 0 unspecified atom stereocenters. The Kier molecular flexibility index (Phi) is 11.8. The third kappa shape index (κ3) is 7.15. The fourth-order valence-electron chi connectivity index (χ4n) is 5.86. The molecule has 0 aromatic carbocycles. The lowest BCUT2D eigenvalue weighted by atomic mass is 9.91. The fourth-order valence-corrected chi connectivity index (χ4v) is 5.86. The fraction of sp³-hybridized carbons (Fsp3) is 0.778. The number of nitrogens with zero attached hydrogens (tertiary/aromatic N) is 4. The van der Waals surface area contributed by atoms with E-state index in [4.69, 9.17) is 4.74 Å². The number of aromatic nitrogens is 1. The van der Waals surface area contributed by atoms with Crippen LogP contribution in [-0.4, -0.2) is 91.3 Å². The number of alkyl halides is 2. The molecular formula is C27H45Cl2F2N5O2. The third-order valence-corrected chi connectivity index (χ3v) is 7.97. The van der Waals surface area contributed by atoms with Gasteiger partial charge >= 0.3 is 0 Å². The van der Waals surface area contributed by atoms with Crippen molar-refractivity contribution in [2.75, 3.05) is 57.4 Å². The highest BCUT2D eigenvalue weighted by Crippen LogP contribution is 2.42. The maximum absolute atomic E-state index is 14.7. The van der Waals surface area contributed by atoms with E-state index in [9.17, 15) is 13.6 Å². The average molecular weight is 581 g/mol. The largest absolute Gasteiger partial charge is 0.378 e. The molecule has 1 aromatic rings. The Bertz CT molecular complexity index is 939. The zero-order chi connectivity index (χ0) is 26.1. The second kappa shape index (κ2) is 13.5. The van der Waals surface area contributed by atoms with Crippen molar-refractivity contribution in [3.05, 3.63) is 23.5 Å². The summed E-state index contributed by atoms with van der Waals surface area (Å²) in [6, 6.07) is 2.38. The van der Waals surface area contributed by atoms with Gasteiger partial charge < -0.3 is 15.0 Å². The van der Waals surface area contributed by atoms with Crippen LogP contribution in [0.5, 0.6) is 0 Å². The minimum atomic E-state index is -2.95. The number of rotatable bonds is 8. The number of hydrogen-bond donors (Lipinski definition) is 1. The summed E-state index contributed by atoms with van der Waals surface area (Å²) in [7, 11) is 0. The van der Waals surface area contributed by atoms with Gasteiger partial charge in [-0.1, -0.05) is 34.1 Å². The number of fused-ring (bicyclic) bond motifs is 1. The van der Waals surface area contributed by atoms with Gasteiger partial charge in [0.2, 0.25) is 5.91 Å². The van der Waals surface area contributed by atoms with Gasteiger partial charge in [-0.25, -0.2) is 8.78 Å². The van der Waals surface area contributed by atoms with Gasteiger partial charge in [-0.2, -0.15) is 0 Å². The molecule has 0 saturated carbocycles. The lowest BCUT2D eigenvalue weighted by Gasteiger charge is -2.44. The Morgan fingerprint density at radius 1 is 1.24 bits per heavy atom. The van der Waals surface area contributed by atoms with Gasteiger partial charge in [-0.15, -0.1) is 24.8 Å². The molecule has 3 aliphatic rings. The lowest BCUT2D eigenvalue weighted by Crippen LogP contribution is -2.62. The number of morpholine rings is 1. The van der Waals surface area contributed by atoms with Crippen LogP contribution in [0.3, 0.4) is 0 Å². The summed E-state index contributed by atoms with van der Waals surface area (Å²) in [6.07, 6.45) is 2.48. The lowest BCUT2D eigenvalue weighted by molar-refractivity contribution is -0.121. The number of halogens is 4. The van der Waals surface area contributed by atoms with E-state index in [1.54, 1.807) is 11.8 Å². The zero-order valence-electron chi connectivity index (χ0n) is 23.3. The SMILES string of the molecule is CCCC(F)(F)c1cnc2c(c1)N(C(=O)CN1C[C@@H](C)NC[C@@H]1CN1CCOC[C@@H]1CC)CC2(C)C.Cl.Cl. The second-order valence-electron chi connectivity index (χ2n) is 11.4. The Morgan fingerprint density at radius 3 is 2.66 bits per heavy atom. The molecule has 1 N–H and O–H groups in total. The van der Waals surface area contributed by atoms with Crippen LogP contribution in [0, 0.1) is 0 Å².